The highest BCUT2D eigenvalue weighted by Gasteiger charge is 2.17. The summed E-state index contributed by atoms with van der Waals surface area (Å²) in [6.07, 6.45) is 0. The smallest absolute Gasteiger partial charge is 0.322 e. The van der Waals surface area contributed by atoms with Crippen LogP contribution in [0.5, 0.6) is 5.75 Å². The zero-order valence-corrected chi connectivity index (χ0v) is 9.68. The predicted molar refractivity (Wildman–Crippen MR) is 61.8 cm³/mol. The fourth-order valence-electron chi connectivity index (χ4n) is 1.43. The van der Waals surface area contributed by atoms with Gasteiger partial charge in [-0.3, -0.25) is 4.79 Å². The molecule has 0 radical (unpaired) electrons. The Hall–Kier alpha value is -1.82. The second kappa shape index (κ2) is 5.49. The average Bonchev–Trinajstić information content (AvgIpc) is 2.28. The van der Waals surface area contributed by atoms with Gasteiger partial charge in [0.2, 0.25) is 0 Å². The van der Waals surface area contributed by atoms with Gasteiger partial charge >= 0.3 is 5.97 Å². The van der Waals surface area contributed by atoms with E-state index in [0.29, 0.717) is 11.4 Å². The number of hydrogen-bond acceptors (Lipinski definition) is 4. The highest BCUT2D eigenvalue weighted by atomic mass is 19.1. The molecule has 0 saturated heterocycles. The Morgan fingerprint density at radius 2 is 2.29 bits per heavy atom. The van der Waals surface area contributed by atoms with E-state index in [9.17, 15) is 9.18 Å². The van der Waals surface area contributed by atoms with Gasteiger partial charge in [-0.25, -0.2) is 4.39 Å². The lowest BCUT2D eigenvalue weighted by Crippen LogP contribution is -2.41. The maximum absolute atomic E-state index is 13.1. The first-order chi connectivity index (χ1) is 7.95. The van der Waals surface area contributed by atoms with Crippen molar-refractivity contribution in [3.8, 4) is 5.75 Å². The van der Waals surface area contributed by atoms with E-state index >= 15 is 0 Å². The van der Waals surface area contributed by atoms with Crippen molar-refractivity contribution < 1.29 is 19.0 Å². The summed E-state index contributed by atoms with van der Waals surface area (Å²) in [4.78, 5) is 12.2. The van der Waals surface area contributed by atoms with Gasteiger partial charge in [-0.15, -0.1) is 0 Å². The topological polar surface area (TPSA) is 75.8 Å². The summed E-state index contributed by atoms with van der Waals surface area (Å²) < 4.78 is 18.2. The van der Waals surface area contributed by atoms with Crippen LogP contribution in [0.3, 0.4) is 0 Å². The molecule has 1 aromatic carbocycles. The fraction of sp³-hybridized carbons (Fsp3) is 0.364. The quantitative estimate of drug-likeness (QED) is 0.794. The van der Waals surface area contributed by atoms with Crippen LogP contribution in [0.25, 0.3) is 0 Å². The molecule has 0 aliphatic rings. The predicted octanol–water partition coefficient (Wildman–Crippen LogP) is 0.682. The first-order valence-corrected chi connectivity index (χ1v) is 4.98. The number of benzene rings is 1. The molecular weight excluding hydrogens is 227 g/mol. The Bertz CT molecular complexity index is 412. The van der Waals surface area contributed by atoms with Crippen molar-refractivity contribution in [2.24, 2.45) is 5.73 Å². The molecule has 0 aliphatic heterocycles. The fourth-order valence-corrected chi connectivity index (χ4v) is 1.43. The van der Waals surface area contributed by atoms with Crippen LogP contribution in [-0.2, 0) is 4.79 Å². The highest BCUT2D eigenvalue weighted by Crippen LogP contribution is 2.27. The summed E-state index contributed by atoms with van der Waals surface area (Å²) in [6.45, 7) is 0.0646. The average molecular weight is 242 g/mol. The van der Waals surface area contributed by atoms with E-state index in [1.165, 1.54) is 25.3 Å². The minimum atomic E-state index is -1.10. The minimum Gasteiger partial charge on any atom is -0.495 e. The van der Waals surface area contributed by atoms with Crippen LogP contribution in [0.15, 0.2) is 18.2 Å². The number of nitrogens with zero attached hydrogens (tertiary/aromatic N) is 1. The number of halogens is 1. The van der Waals surface area contributed by atoms with Crippen LogP contribution in [0.2, 0.25) is 0 Å². The number of nitrogens with two attached hydrogens (primary N) is 1. The largest absolute Gasteiger partial charge is 0.495 e. The molecule has 0 amide bonds. The normalized spacial score (nSPS) is 12.0. The maximum Gasteiger partial charge on any atom is 0.322 e. The summed E-state index contributed by atoms with van der Waals surface area (Å²) in [6, 6.07) is 2.99. The first-order valence-electron chi connectivity index (χ1n) is 4.98. The summed E-state index contributed by atoms with van der Waals surface area (Å²) in [5, 5.41) is 8.70. The van der Waals surface area contributed by atoms with Crippen LogP contribution >= 0.6 is 0 Å². The van der Waals surface area contributed by atoms with Crippen LogP contribution in [0.1, 0.15) is 0 Å². The molecule has 1 rings (SSSR count). The van der Waals surface area contributed by atoms with Crippen LogP contribution in [0, 0.1) is 5.82 Å². The standard InChI is InChI=1S/C11H15FN2O3/c1-14(6-8(13)11(15)16)9-5-7(12)3-4-10(9)17-2/h3-5,8H,6,13H2,1-2H3,(H,15,16). The molecular formula is C11H15FN2O3. The Morgan fingerprint density at radius 1 is 1.65 bits per heavy atom. The lowest BCUT2D eigenvalue weighted by molar-refractivity contribution is -0.138. The Labute approximate surface area is 98.6 Å². The number of ether oxygens (including phenoxy) is 1. The van der Waals surface area contributed by atoms with Crippen molar-refractivity contribution in [1.29, 1.82) is 0 Å². The number of hydrogen-bond donors (Lipinski definition) is 2. The van der Waals surface area contributed by atoms with Crippen molar-refractivity contribution in [3.63, 3.8) is 0 Å². The number of likely N-dealkylation sites (N-methyl/N-ethyl adjacent to an activating group) is 1. The molecule has 0 aromatic heterocycles. The number of aliphatic carboxylic acids is 1. The molecule has 0 fully saturated rings. The molecule has 17 heavy (non-hydrogen) atoms. The van der Waals surface area contributed by atoms with Gasteiger partial charge in [-0.1, -0.05) is 0 Å². The molecule has 0 heterocycles. The molecule has 1 unspecified atom stereocenters. The van der Waals surface area contributed by atoms with E-state index in [1.54, 1.807) is 11.9 Å². The van der Waals surface area contributed by atoms with E-state index in [1.807, 2.05) is 0 Å². The van der Waals surface area contributed by atoms with Gasteiger partial charge in [-0.05, 0) is 12.1 Å². The number of carboxylic acids is 1. The summed E-state index contributed by atoms with van der Waals surface area (Å²) >= 11 is 0. The Morgan fingerprint density at radius 3 is 2.82 bits per heavy atom. The lowest BCUT2D eigenvalue weighted by Gasteiger charge is -2.23. The molecule has 6 heteroatoms. The SMILES string of the molecule is COc1ccc(F)cc1N(C)CC(N)C(=O)O. The summed E-state index contributed by atoms with van der Waals surface area (Å²) in [5.41, 5.74) is 5.87. The van der Waals surface area contributed by atoms with E-state index in [2.05, 4.69) is 0 Å². The number of carboxylic acid groups (broad SMARTS) is 1. The van der Waals surface area contributed by atoms with Crippen molar-refractivity contribution in [2.45, 2.75) is 6.04 Å². The zero-order valence-electron chi connectivity index (χ0n) is 9.68. The van der Waals surface area contributed by atoms with Crippen molar-refractivity contribution in [1.82, 2.24) is 0 Å². The summed E-state index contributed by atoms with van der Waals surface area (Å²) in [5.74, 6) is -1.06. The zero-order chi connectivity index (χ0) is 13.0. The molecule has 1 atom stereocenters. The molecule has 5 nitrogen and oxygen atoms in total. The maximum atomic E-state index is 13.1. The van der Waals surface area contributed by atoms with Crippen LogP contribution < -0.4 is 15.4 Å². The van der Waals surface area contributed by atoms with Gasteiger partial charge in [0.05, 0.1) is 12.8 Å². The van der Waals surface area contributed by atoms with Crippen molar-refractivity contribution >= 4 is 11.7 Å². The van der Waals surface area contributed by atoms with Gasteiger partial charge < -0.3 is 20.5 Å². The molecule has 0 bridgehead atoms. The number of rotatable bonds is 5. The summed E-state index contributed by atoms with van der Waals surface area (Å²) in [7, 11) is 3.09. The number of carbonyl (C=O) groups is 1. The third-order valence-electron chi connectivity index (χ3n) is 2.34. The highest BCUT2D eigenvalue weighted by molar-refractivity contribution is 5.74. The molecule has 0 aliphatic carbocycles. The molecule has 0 saturated carbocycles. The van der Waals surface area contributed by atoms with Gasteiger partial charge in [0, 0.05) is 19.7 Å². The van der Waals surface area contributed by atoms with Crippen molar-refractivity contribution in [3.05, 3.63) is 24.0 Å². The number of methoxy groups -OCH3 is 1. The van der Waals surface area contributed by atoms with E-state index < -0.39 is 17.8 Å². The molecule has 1 aromatic rings. The van der Waals surface area contributed by atoms with Gasteiger partial charge in [0.15, 0.2) is 0 Å². The van der Waals surface area contributed by atoms with Crippen molar-refractivity contribution in [2.75, 3.05) is 25.6 Å². The monoisotopic (exact) mass is 242 g/mol. The molecule has 94 valence electrons. The second-order valence-electron chi connectivity index (χ2n) is 3.64. The van der Waals surface area contributed by atoms with Gasteiger partial charge in [-0.2, -0.15) is 0 Å². The van der Waals surface area contributed by atoms with Gasteiger partial charge in [0.25, 0.3) is 0 Å². The first kappa shape index (κ1) is 13.2. The number of anilines is 1. The lowest BCUT2D eigenvalue weighted by atomic mass is 10.2. The van der Waals surface area contributed by atoms with Gasteiger partial charge in [0.1, 0.15) is 17.6 Å². The third-order valence-corrected chi connectivity index (χ3v) is 2.34. The molecule has 3 N–H and O–H groups in total. The molecule has 0 spiro atoms. The third kappa shape index (κ3) is 3.32. The Balaban J connectivity index is 2.90. The second-order valence-corrected chi connectivity index (χ2v) is 3.64. The van der Waals surface area contributed by atoms with E-state index in [-0.39, 0.29) is 6.54 Å². The van der Waals surface area contributed by atoms with E-state index in [4.69, 9.17) is 15.6 Å². The van der Waals surface area contributed by atoms with Crippen LogP contribution in [0.4, 0.5) is 10.1 Å². The van der Waals surface area contributed by atoms with Crippen LogP contribution in [-0.4, -0.2) is 37.8 Å². The minimum absolute atomic E-state index is 0.0646. The Kier molecular flexibility index (Phi) is 4.28. The van der Waals surface area contributed by atoms with E-state index in [0.717, 1.165) is 0 Å².